The Labute approximate surface area is 295 Å². The molecule has 2 aliphatic heterocycles. The zero-order valence-corrected chi connectivity index (χ0v) is 28.7. The number of phenolic OH excluding ortho intramolecular Hbond substituents is 1. The first-order valence-corrected chi connectivity index (χ1v) is 16.8. The van der Waals surface area contributed by atoms with Crippen molar-refractivity contribution in [3.8, 4) is 11.5 Å². The molecule has 2 aliphatic carbocycles. The average molecular weight is 794 g/mol. The fraction of sp³-hybridized carbons (Fsp3) is 0.257. The molecule has 1 saturated carbocycles. The molecular formula is C35H26Br2N2O10. The summed E-state index contributed by atoms with van der Waals surface area (Å²) in [4.78, 5) is 81.7. The number of aromatic hydroxyl groups is 1. The van der Waals surface area contributed by atoms with E-state index in [4.69, 9.17) is 4.74 Å². The smallest absolute Gasteiger partial charge is 0.335 e. The van der Waals surface area contributed by atoms with Crippen LogP contribution in [0.3, 0.4) is 0 Å². The molecule has 4 aliphatic rings. The molecule has 7 rings (SSSR count). The summed E-state index contributed by atoms with van der Waals surface area (Å²) >= 11 is 6.97. The van der Waals surface area contributed by atoms with E-state index < -0.39 is 71.1 Å². The van der Waals surface area contributed by atoms with Crippen molar-refractivity contribution in [1.82, 2.24) is 0 Å². The fourth-order valence-corrected chi connectivity index (χ4v) is 8.92. The van der Waals surface area contributed by atoms with E-state index >= 15 is 0 Å². The number of methoxy groups -OCH3 is 1. The third-order valence-electron chi connectivity index (χ3n) is 10.1. The van der Waals surface area contributed by atoms with Gasteiger partial charge in [-0.15, -0.1) is 0 Å². The highest BCUT2D eigenvalue weighted by atomic mass is 79.9. The van der Waals surface area contributed by atoms with E-state index in [1.165, 1.54) is 55.6 Å². The van der Waals surface area contributed by atoms with Crippen molar-refractivity contribution in [3.63, 3.8) is 0 Å². The lowest BCUT2D eigenvalue weighted by Gasteiger charge is -2.44. The first kappa shape index (κ1) is 32.7. The lowest BCUT2D eigenvalue weighted by atomic mass is 9.57. The van der Waals surface area contributed by atoms with E-state index in [0.29, 0.717) is 15.6 Å². The molecule has 14 heteroatoms. The Bertz CT molecular complexity index is 2030. The van der Waals surface area contributed by atoms with Crippen LogP contribution in [0.4, 0.5) is 11.4 Å². The van der Waals surface area contributed by atoms with Crippen LogP contribution in [0.25, 0.3) is 0 Å². The molecule has 0 unspecified atom stereocenters. The number of hydrogen-bond donors (Lipinski definition) is 3. The number of carbonyl (C=O) groups excluding carboxylic acids is 4. The topological polar surface area (TPSA) is 179 Å². The maximum absolute atomic E-state index is 14.4. The number of anilines is 2. The summed E-state index contributed by atoms with van der Waals surface area (Å²) in [7, 11) is 1.38. The minimum Gasteiger partial charge on any atom is -0.503 e. The van der Waals surface area contributed by atoms with E-state index in [1.807, 2.05) is 6.08 Å². The van der Waals surface area contributed by atoms with Gasteiger partial charge in [0.25, 0.3) is 0 Å². The lowest BCUT2D eigenvalue weighted by molar-refractivity contribution is -0.126. The third-order valence-corrected chi connectivity index (χ3v) is 12.3. The van der Waals surface area contributed by atoms with Gasteiger partial charge in [-0.05, 0) is 111 Å². The standard InChI is InChI=1S/C35H26Br2N2O10/c1-49-23-13-21(27(36)28(37)29(23)40)24-18-10-11-19-25(32(43)38(30(19)41)16-6-2-14(3-7-16)34(45)46)20(18)12-22-26(24)33(44)39(31(22)42)17-8-4-15(5-9-17)35(47)48/h2-10,13,19-20,22,24-26,40H,11-12H2,1H3,(H,45,46)(H,47,48)/t19-,20+,22+,24+,25-,26+/m0/s1. The summed E-state index contributed by atoms with van der Waals surface area (Å²) < 4.78 is 6.12. The van der Waals surface area contributed by atoms with Gasteiger partial charge in [-0.25, -0.2) is 9.59 Å². The summed E-state index contributed by atoms with van der Waals surface area (Å²) in [6, 6.07) is 12.5. The second-order valence-electron chi connectivity index (χ2n) is 12.4. The number of phenols is 1. The van der Waals surface area contributed by atoms with E-state index in [-0.39, 0.29) is 51.3 Å². The van der Waals surface area contributed by atoms with Gasteiger partial charge in [0, 0.05) is 10.4 Å². The number of nitrogens with zero attached hydrogens (tertiary/aromatic N) is 2. The number of ether oxygens (including phenoxy) is 1. The summed E-state index contributed by atoms with van der Waals surface area (Å²) in [5.74, 6) is -9.17. The molecule has 49 heavy (non-hydrogen) atoms. The second kappa shape index (κ2) is 11.9. The monoisotopic (exact) mass is 792 g/mol. The minimum atomic E-state index is -1.16. The normalized spacial score (nSPS) is 25.9. The highest BCUT2D eigenvalue weighted by molar-refractivity contribution is 9.13. The van der Waals surface area contributed by atoms with Crippen molar-refractivity contribution in [2.75, 3.05) is 16.9 Å². The van der Waals surface area contributed by atoms with Gasteiger partial charge in [0.05, 0.1) is 57.8 Å². The highest BCUT2D eigenvalue weighted by Crippen LogP contribution is 2.60. The van der Waals surface area contributed by atoms with Crippen LogP contribution in [0, 0.1) is 29.6 Å². The van der Waals surface area contributed by atoms with E-state index in [1.54, 1.807) is 6.07 Å². The maximum Gasteiger partial charge on any atom is 0.335 e. The van der Waals surface area contributed by atoms with Crippen LogP contribution in [0.5, 0.6) is 11.5 Å². The maximum atomic E-state index is 14.4. The third kappa shape index (κ3) is 4.91. The number of aromatic carboxylic acids is 2. The SMILES string of the molecule is COc1cc([C@H]2C3=CC[C@@H]4C(=O)N(c5ccc(C(=O)O)cc5)C(=O)[C@@H]4[C@@H]3C[C@H]3C(=O)N(c4ccc(C(=O)O)cc4)C(=O)[C@@H]23)c(Br)c(Br)c1O. The van der Waals surface area contributed by atoms with Gasteiger partial charge >= 0.3 is 11.9 Å². The number of hydrogen-bond acceptors (Lipinski definition) is 8. The molecule has 6 atom stereocenters. The van der Waals surface area contributed by atoms with Crippen molar-refractivity contribution < 1.29 is 48.8 Å². The van der Waals surface area contributed by atoms with Gasteiger partial charge in [0.2, 0.25) is 23.6 Å². The van der Waals surface area contributed by atoms with E-state index in [0.717, 1.165) is 9.80 Å². The van der Waals surface area contributed by atoms with Crippen LogP contribution in [-0.4, -0.2) is 58.0 Å². The largest absolute Gasteiger partial charge is 0.503 e. The second-order valence-corrected chi connectivity index (χ2v) is 14.0. The van der Waals surface area contributed by atoms with Crippen molar-refractivity contribution in [2.45, 2.75) is 18.8 Å². The molecule has 2 saturated heterocycles. The van der Waals surface area contributed by atoms with Crippen LogP contribution in [0.15, 0.2) is 75.2 Å². The van der Waals surface area contributed by atoms with Crippen molar-refractivity contribution in [3.05, 3.63) is 91.9 Å². The van der Waals surface area contributed by atoms with Crippen molar-refractivity contribution >= 4 is 78.8 Å². The summed E-state index contributed by atoms with van der Waals surface area (Å²) in [5.41, 5.74) is 1.65. The van der Waals surface area contributed by atoms with E-state index in [2.05, 4.69) is 31.9 Å². The lowest BCUT2D eigenvalue weighted by Crippen LogP contribution is -2.43. The fourth-order valence-electron chi connectivity index (χ4n) is 7.95. The van der Waals surface area contributed by atoms with Gasteiger partial charge < -0.3 is 20.1 Å². The summed E-state index contributed by atoms with van der Waals surface area (Å²) in [6.45, 7) is 0. The quantitative estimate of drug-likeness (QED) is 0.217. The summed E-state index contributed by atoms with van der Waals surface area (Å²) in [5, 5.41) is 29.4. The van der Waals surface area contributed by atoms with Crippen LogP contribution in [0.1, 0.15) is 45.0 Å². The number of halogens is 2. The molecule has 12 nitrogen and oxygen atoms in total. The number of benzene rings is 3. The Balaban J connectivity index is 1.35. The molecule has 3 aromatic carbocycles. The van der Waals surface area contributed by atoms with Crippen LogP contribution >= 0.6 is 31.9 Å². The molecule has 3 N–H and O–H groups in total. The highest BCUT2D eigenvalue weighted by Gasteiger charge is 2.62. The van der Waals surface area contributed by atoms with Crippen molar-refractivity contribution in [2.24, 2.45) is 29.6 Å². The number of carboxylic acid groups (broad SMARTS) is 2. The molecule has 3 aromatic rings. The number of allylic oxidation sites excluding steroid dienone is 2. The van der Waals surface area contributed by atoms with Gasteiger partial charge in [0.1, 0.15) is 0 Å². The van der Waals surface area contributed by atoms with Gasteiger partial charge in [0.15, 0.2) is 11.5 Å². The Hall–Kier alpha value is -4.82. The predicted octanol–water partition coefficient (Wildman–Crippen LogP) is 5.37. The molecule has 0 bridgehead atoms. The Kier molecular flexibility index (Phi) is 7.98. The van der Waals surface area contributed by atoms with Crippen LogP contribution in [-0.2, 0) is 19.2 Å². The number of amides is 4. The number of carbonyl (C=O) groups is 6. The number of carboxylic acids is 2. The van der Waals surface area contributed by atoms with Crippen molar-refractivity contribution in [1.29, 1.82) is 0 Å². The number of imide groups is 2. The Morgan fingerprint density at radius 2 is 1.24 bits per heavy atom. The van der Waals surface area contributed by atoms with Gasteiger partial charge in [-0.1, -0.05) is 11.6 Å². The Morgan fingerprint density at radius 3 is 1.76 bits per heavy atom. The van der Waals surface area contributed by atoms with Gasteiger partial charge in [-0.3, -0.25) is 29.0 Å². The zero-order chi connectivity index (χ0) is 35.0. The Morgan fingerprint density at radius 1 is 0.735 bits per heavy atom. The van der Waals surface area contributed by atoms with Gasteiger partial charge in [-0.2, -0.15) is 0 Å². The molecule has 3 fully saturated rings. The minimum absolute atomic E-state index is 0.00184. The summed E-state index contributed by atoms with van der Waals surface area (Å²) in [6.07, 6.45) is 2.16. The molecule has 250 valence electrons. The molecule has 0 spiro atoms. The average Bonchev–Trinajstić information content (AvgIpc) is 3.50. The molecule has 4 amide bonds. The molecule has 0 aromatic heterocycles. The van der Waals surface area contributed by atoms with E-state index in [9.17, 15) is 44.1 Å². The zero-order valence-electron chi connectivity index (χ0n) is 25.5. The number of fused-ring (bicyclic) bond motifs is 4. The predicted molar refractivity (Wildman–Crippen MR) is 179 cm³/mol. The first-order chi connectivity index (χ1) is 23.3. The molecular weight excluding hydrogens is 768 g/mol. The van der Waals surface area contributed by atoms with Crippen LogP contribution in [0.2, 0.25) is 0 Å². The number of rotatable bonds is 6. The van der Waals surface area contributed by atoms with Crippen LogP contribution < -0.4 is 14.5 Å². The molecule has 2 heterocycles. The molecule has 0 radical (unpaired) electrons. The first-order valence-electron chi connectivity index (χ1n) is 15.2.